The minimum Gasteiger partial charge on any atom is -0.477 e. The Hall–Kier alpha value is -2.17. The summed E-state index contributed by atoms with van der Waals surface area (Å²) in [5, 5.41) is 8.99. The first-order valence-electron chi connectivity index (χ1n) is 5.43. The van der Waals surface area contributed by atoms with Crippen LogP contribution in [0, 0.1) is 11.6 Å². The maximum atomic E-state index is 13.7. The number of hydrogen-bond acceptors (Lipinski definition) is 1. The van der Waals surface area contributed by atoms with Crippen LogP contribution in [0.2, 0.25) is 0 Å². The molecule has 0 saturated carbocycles. The monoisotopic (exact) mass is 251 g/mol. The molecule has 0 amide bonds. The summed E-state index contributed by atoms with van der Waals surface area (Å²) in [7, 11) is 0. The summed E-state index contributed by atoms with van der Waals surface area (Å²) >= 11 is 0. The van der Waals surface area contributed by atoms with Crippen LogP contribution in [0.5, 0.6) is 0 Å². The molecule has 0 radical (unpaired) electrons. The molecule has 0 bridgehead atoms. The van der Waals surface area contributed by atoms with Crippen LogP contribution in [-0.2, 0) is 6.54 Å². The van der Waals surface area contributed by atoms with E-state index in [1.165, 1.54) is 22.8 Å². The van der Waals surface area contributed by atoms with Crippen molar-refractivity contribution in [2.24, 2.45) is 0 Å². The third-order valence-electron chi connectivity index (χ3n) is 2.73. The fourth-order valence-corrected chi connectivity index (χ4v) is 1.96. The van der Waals surface area contributed by atoms with Gasteiger partial charge in [0.2, 0.25) is 0 Å². The van der Waals surface area contributed by atoms with Gasteiger partial charge in [-0.1, -0.05) is 6.07 Å². The van der Waals surface area contributed by atoms with Gasteiger partial charge in [-0.15, -0.1) is 0 Å². The number of aromatic carboxylic acids is 1. The lowest BCUT2D eigenvalue weighted by Gasteiger charge is -2.10. The van der Waals surface area contributed by atoms with E-state index in [9.17, 15) is 13.6 Å². The Morgan fingerprint density at radius 2 is 1.83 bits per heavy atom. The lowest BCUT2D eigenvalue weighted by atomic mass is 10.1. The highest BCUT2D eigenvalue weighted by atomic mass is 19.1. The van der Waals surface area contributed by atoms with Gasteiger partial charge in [-0.25, -0.2) is 13.6 Å². The largest absolute Gasteiger partial charge is 0.477 e. The molecular formula is C13H11F2NO2. The second kappa shape index (κ2) is 4.60. The number of carboxylic acids is 1. The Morgan fingerprint density at radius 1 is 1.22 bits per heavy atom. The quantitative estimate of drug-likeness (QED) is 0.910. The molecule has 1 N–H and O–H groups in total. The summed E-state index contributed by atoms with van der Waals surface area (Å²) in [6, 6.07) is 6.31. The lowest BCUT2D eigenvalue weighted by Crippen LogP contribution is -2.09. The first kappa shape index (κ1) is 12.3. The van der Waals surface area contributed by atoms with E-state index in [-0.39, 0.29) is 17.0 Å². The first-order valence-corrected chi connectivity index (χ1v) is 5.43. The van der Waals surface area contributed by atoms with E-state index in [0.29, 0.717) is 6.54 Å². The van der Waals surface area contributed by atoms with Crippen molar-refractivity contribution in [3.63, 3.8) is 0 Å². The fourth-order valence-electron chi connectivity index (χ4n) is 1.96. The van der Waals surface area contributed by atoms with Gasteiger partial charge in [-0.2, -0.15) is 0 Å². The smallest absolute Gasteiger partial charge is 0.352 e. The van der Waals surface area contributed by atoms with Crippen LogP contribution in [0.1, 0.15) is 17.4 Å². The van der Waals surface area contributed by atoms with E-state index >= 15 is 0 Å². The minimum absolute atomic E-state index is 0.00940. The van der Waals surface area contributed by atoms with Crippen molar-refractivity contribution in [1.29, 1.82) is 0 Å². The molecule has 0 fully saturated rings. The highest BCUT2D eigenvalue weighted by Gasteiger charge is 2.19. The van der Waals surface area contributed by atoms with Crippen LogP contribution in [0.4, 0.5) is 8.78 Å². The molecular weight excluding hydrogens is 240 g/mol. The van der Waals surface area contributed by atoms with Gasteiger partial charge in [0.15, 0.2) is 0 Å². The van der Waals surface area contributed by atoms with E-state index in [4.69, 9.17) is 5.11 Å². The van der Waals surface area contributed by atoms with Crippen molar-refractivity contribution < 1.29 is 18.7 Å². The van der Waals surface area contributed by atoms with Gasteiger partial charge in [-0.05, 0) is 31.2 Å². The maximum absolute atomic E-state index is 13.7. The fraction of sp³-hybridized carbons (Fsp3) is 0.154. The molecule has 0 spiro atoms. The number of carboxylic acid groups (broad SMARTS) is 1. The lowest BCUT2D eigenvalue weighted by molar-refractivity contribution is 0.0685. The SMILES string of the molecule is CCn1c(C(=O)O)ccc1-c1c(F)cccc1F. The maximum Gasteiger partial charge on any atom is 0.352 e. The Morgan fingerprint density at radius 3 is 2.33 bits per heavy atom. The van der Waals surface area contributed by atoms with E-state index in [1.807, 2.05) is 0 Å². The zero-order valence-corrected chi connectivity index (χ0v) is 9.65. The summed E-state index contributed by atoms with van der Waals surface area (Å²) in [5.74, 6) is -2.54. The minimum atomic E-state index is -1.13. The summed E-state index contributed by atoms with van der Waals surface area (Å²) in [6.45, 7) is 2.03. The van der Waals surface area contributed by atoms with E-state index in [0.717, 1.165) is 12.1 Å². The van der Waals surface area contributed by atoms with Gasteiger partial charge in [-0.3, -0.25) is 0 Å². The van der Waals surface area contributed by atoms with Crippen LogP contribution in [0.3, 0.4) is 0 Å². The third kappa shape index (κ3) is 1.88. The van der Waals surface area contributed by atoms with Crippen molar-refractivity contribution >= 4 is 5.97 Å². The molecule has 2 rings (SSSR count). The average Bonchev–Trinajstić information content (AvgIpc) is 2.72. The number of carbonyl (C=O) groups is 1. The summed E-state index contributed by atoms with van der Waals surface area (Å²) < 4.78 is 28.7. The van der Waals surface area contributed by atoms with Gasteiger partial charge >= 0.3 is 5.97 Å². The molecule has 0 aliphatic rings. The zero-order valence-electron chi connectivity index (χ0n) is 9.65. The molecule has 5 heteroatoms. The average molecular weight is 251 g/mol. The molecule has 2 aromatic rings. The molecule has 18 heavy (non-hydrogen) atoms. The van der Waals surface area contributed by atoms with E-state index < -0.39 is 17.6 Å². The Balaban J connectivity index is 2.68. The number of benzene rings is 1. The standard InChI is InChI=1S/C13H11F2NO2/c1-2-16-10(6-7-11(16)13(17)18)12-8(14)4-3-5-9(12)15/h3-7H,2H2,1H3,(H,17,18). The molecule has 0 aliphatic carbocycles. The molecule has 3 nitrogen and oxygen atoms in total. The Bertz CT molecular complexity index is 585. The highest BCUT2D eigenvalue weighted by molar-refractivity contribution is 5.87. The molecule has 0 aliphatic heterocycles. The van der Waals surface area contributed by atoms with Crippen molar-refractivity contribution in [3.05, 3.63) is 47.7 Å². The number of rotatable bonds is 3. The van der Waals surface area contributed by atoms with Crippen molar-refractivity contribution in [2.45, 2.75) is 13.5 Å². The molecule has 1 aromatic heterocycles. The molecule has 94 valence electrons. The summed E-state index contributed by atoms with van der Waals surface area (Å²) in [4.78, 5) is 11.0. The normalized spacial score (nSPS) is 10.6. The van der Waals surface area contributed by atoms with Crippen molar-refractivity contribution in [1.82, 2.24) is 4.57 Å². The number of nitrogens with zero attached hydrogens (tertiary/aromatic N) is 1. The van der Waals surface area contributed by atoms with Gasteiger partial charge in [0.1, 0.15) is 17.3 Å². The zero-order chi connectivity index (χ0) is 13.3. The summed E-state index contributed by atoms with van der Waals surface area (Å²) in [6.07, 6.45) is 0. The van der Waals surface area contributed by atoms with Crippen molar-refractivity contribution in [2.75, 3.05) is 0 Å². The topological polar surface area (TPSA) is 42.2 Å². The van der Waals surface area contributed by atoms with Crippen LogP contribution < -0.4 is 0 Å². The predicted molar refractivity (Wildman–Crippen MR) is 62.4 cm³/mol. The van der Waals surface area contributed by atoms with Crippen LogP contribution >= 0.6 is 0 Å². The molecule has 1 heterocycles. The van der Waals surface area contributed by atoms with Gasteiger partial charge in [0, 0.05) is 6.54 Å². The van der Waals surface area contributed by atoms with Crippen molar-refractivity contribution in [3.8, 4) is 11.3 Å². The van der Waals surface area contributed by atoms with Crippen LogP contribution in [0.25, 0.3) is 11.3 Å². The van der Waals surface area contributed by atoms with Gasteiger partial charge in [0.05, 0.1) is 11.3 Å². The highest BCUT2D eigenvalue weighted by Crippen LogP contribution is 2.28. The van der Waals surface area contributed by atoms with E-state index in [1.54, 1.807) is 6.92 Å². The van der Waals surface area contributed by atoms with Crippen LogP contribution in [-0.4, -0.2) is 15.6 Å². The van der Waals surface area contributed by atoms with Gasteiger partial charge in [0.25, 0.3) is 0 Å². The molecule has 0 saturated heterocycles. The molecule has 0 unspecified atom stereocenters. The van der Waals surface area contributed by atoms with Gasteiger partial charge < -0.3 is 9.67 Å². The first-order chi connectivity index (χ1) is 8.56. The Labute approximate surface area is 102 Å². The second-order valence-electron chi connectivity index (χ2n) is 3.75. The molecule has 0 atom stereocenters. The number of aromatic nitrogens is 1. The summed E-state index contributed by atoms with van der Waals surface area (Å²) in [5.41, 5.74) is 0.0347. The predicted octanol–water partition coefficient (Wildman–Crippen LogP) is 3.15. The second-order valence-corrected chi connectivity index (χ2v) is 3.75. The number of halogens is 2. The number of hydrogen-bond donors (Lipinski definition) is 1. The van der Waals surface area contributed by atoms with E-state index in [2.05, 4.69) is 0 Å². The van der Waals surface area contributed by atoms with Crippen LogP contribution in [0.15, 0.2) is 30.3 Å². The third-order valence-corrected chi connectivity index (χ3v) is 2.73. The molecule has 1 aromatic carbocycles. The Kier molecular flexibility index (Phi) is 3.14.